The van der Waals surface area contributed by atoms with Crippen molar-refractivity contribution in [1.82, 2.24) is 19.6 Å². The van der Waals surface area contributed by atoms with Gasteiger partial charge in [-0.05, 0) is 31.7 Å². The van der Waals surface area contributed by atoms with E-state index in [9.17, 15) is 9.59 Å². The summed E-state index contributed by atoms with van der Waals surface area (Å²) in [6, 6.07) is 9.61. The zero-order valence-electron chi connectivity index (χ0n) is 17.8. The van der Waals surface area contributed by atoms with E-state index in [-0.39, 0.29) is 17.9 Å². The molecular formula is C22H29N5O2. The molecular weight excluding hydrogens is 366 g/mol. The molecule has 3 aliphatic heterocycles. The Labute approximate surface area is 172 Å². The number of fused-ring (bicyclic) bond motifs is 3. The Morgan fingerprint density at radius 3 is 2.38 bits per heavy atom. The molecule has 2 atom stereocenters. The van der Waals surface area contributed by atoms with Crippen LogP contribution in [-0.4, -0.2) is 69.8 Å². The number of urea groups is 1. The number of guanidine groups is 1. The number of imide groups is 1. The molecule has 0 N–H and O–H groups in total. The molecule has 0 radical (unpaired) electrons. The van der Waals surface area contributed by atoms with Gasteiger partial charge in [0.1, 0.15) is 0 Å². The second-order valence-electron chi connectivity index (χ2n) is 8.45. The summed E-state index contributed by atoms with van der Waals surface area (Å²) in [5.41, 5.74) is 3.41. The lowest BCUT2D eigenvalue weighted by Gasteiger charge is -2.41. The lowest BCUT2D eigenvalue weighted by atomic mass is 10.1. The normalized spacial score (nSPS) is 24.0. The summed E-state index contributed by atoms with van der Waals surface area (Å²) in [6.07, 6.45) is 0.409. The topological polar surface area (TPSA) is 59.5 Å². The molecule has 0 bridgehead atoms. The van der Waals surface area contributed by atoms with Crippen molar-refractivity contribution < 1.29 is 9.59 Å². The summed E-state index contributed by atoms with van der Waals surface area (Å²) in [5, 5.41) is 0. The summed E-state index contributed by atoms with van der Waals surface area (Å²) in [4.78, 5) is 38.1. The van der Waals surface area contributed by atoms with E-state index in [1.807, 2.05) is 43.9 Å². The van der Waals surface area contributed by atoms with Crippen molar-refractivity contribution in [2.75, 3.05) is 20.1 Å². The molecule has 7 heteroatoms. The molecule has 2 unspecified atom stereocenters. The number of hydrogen-bond donors (Lipinski definition) is 0. The zero-order chi connectivity index (χ0) is 20.9. The van der Waals surface area contributed by atoms with Crippen LogP contribution in [0.1, 0.15) is 33.3 Å². The molecule has 1 saturated heterocycles. The van der Waals surface area contributed by atoms with E-state index in [1.54, 1.807) is 11.9 Å². The van der Waals surface area contributed by atoms with E-state index in [4.69, 9.17) is 4.99 Å². The van der Waals surface area contributed by atoms with Crippen molar-refractivity contribution in [3.05, 3.63) is 47.3 Å². The van der Waals surface area contributed by atoms with Crippen molar-refractivity contribution in [2.24, 2.45) is 10.9 Å². The largest absolute Gasteiger partial charge is 0.328 e. The molecule has 0 spiro atoms. The van der Waals surface area contributed by atoms with Gasteiger partial charge in [0, 0.05) is 31.5 Å². The van der Waals surface area contributed by atoms with Gasteiger partial charge >= 0.3 is 6.03 Å². The van der Waals surface area contributed by atoms with Gasteiger partial charge in [-0.1, -0.05) is 44.2 Å². The van der Waals surface area contributed by atoms with Crippen LogP contribution in [0.4, 0.5) is 4.79 Å². The van der Waals surface area contributed by atoms with Crippen molar-refractivity contribution >= 4 is 17.9 Å². The van der Waals surface area contributed by atoms with Crippen LogP contribution in [0.2, 0.25) is 0 Å². The first-order valence-electron chi connectivity index (χ1n) is 10.3. The van der Waals surface area contributed by atoms with Gasteiger partial charge in [0.2, 0.25) is 5.96 Å². The standard InChI is InChI=1S/C22H29N5O2/c1-14(2)13-26-20(28)18-19(24(5)22(26)29)23-21-25(15(3)16(4)27(18)21)12-11-17-9-7-6-8-10-17/h6-10,14,18-19H,11-13H2,1-5H3. The van der Waals surface area contributed by atoms with Gasteiger partial charge in [-0.3, -0.25) is 14.6 Å². The molecule has 0 aromatic heterocycles. The van der Waals surface area contributed by atoms with Crippen LogP contribution in [0, 0.1) is 5.92 Å². The minimum absolute atomic E-state index is 0.150. The third-order valence-corrected chi connectivity index (χ3v) is 6.02. The molecule has 1 aromatic rings. The Morgan fingerprint density at radius 1 is 1.03 bits per heavy atom. The van der Waals surface area contributed by atoms with Crippen LogP contribution in [0.25, 0.3) is 0 Å². The fraction of sp³-hybridized carbons (Fsp3) is 0.500. The molecule has 4 rings (SSSR count). The molecule has 7 nitrogen and oxygen atoms in total. The Morgan fingerprint density at radius 2 is 1.72 bits per heavy atom. The maximum atomic E-state index is 13.3. The number of benzene rings is 1. The molecule has 0 aliphatic carbocycles. The average Bonchev–Trinajstić information content (AvgIpc) is 3.19. The highest BCUT2D eigenvalue weighted by atomic mass is 16.2. The number of carbonyl (C=O) groups excluding carboxylic acids is 2. The minimum Gasteiger partial charge on any atom is -0.314 e. The van der Waals surface area contributed by atoms with Crippen LogP contribution < -0.4 is 0 Å². The number of amides is 3. The third kappa shape index (κ3) is 3.09. The van der Waals surface area contributed by atoms with Gasteiger partial charge in [0.25, 0.3) is 5.91 Å². The SMILES string of the molecule is CC1=C(C)N2C(=NC3C2C(=O)N(CC(C)C)C(=O)N3C)N1CCc1ccccc1. The Hall–Kier alpha value is -2.83. The predicted octanol–water partition coefficient (Wildman–Crippen LogP) is 2.71. The quantitative estimate of drug-likeness (QED) is 0.769. The number of hydrogen-bond acceptors (Lipinski definition) is 5. The van der Waals surface area contributed by atoms with Crippen LogP contribution >= 0.6 is 0 Å². The first-order chi connectivity index (χ1) is 13.8. The van der Waals surface area contributed by atoms with Crippen molar-refractivity contribution in [3.63, 3.8) is 0 Å². The molecule has 154 valence electrons. The first kappa shape index (κ1) is 19.5. The number of nitrogens with zero attached hydrogens (tertiary/aromatic N) is 5. The van der Waals surface area contributed by atoms with Crippen molar-refractivity contribution in [1.29, 1.82) is 0 Å². The van der Waals surface area contributed by atoms with Crippen LogP contribution in [-0.2, 0) is 11.2 Å². The van der Waals surface area contributed by atoms with Gasteiger partial charge in [-0.25, -0.2) is 9.79 Å². The number of rotatable bonds is 5. The number of aliphatic imine (C=N–C) groups is 1. The van der Waals surface area contributed by atoms with E-state index >= 15 is 0 Å². The van der Waals surface area contributed by atoms with E-state index in [1.165, 1.54) is 10.5 Å². The Bertz CT molecular complexity index is 892. The molecule has 3 amide bonds. The van der Waals surface area contributed by atoms with Crippen molar-refractivity contribution in [3.8, 4) is 0 Å². The molecule has 1 aromatic carbocycles. The Kier molecular flexibility index (Phi) is 4.84. The maximum absolute atomic E-state index is 13.3. The smallest absolute Gasteiger partial charge is 0.314 e. The number of carbonyl (C=O) groups is 2. The van der Waals surface area contributed by atoms with Crippen molar-refractivity contribution in [2.45, 2.75) is 46.3 Å². The second-order valence-corrected chi connectivity index (χ2v) is 8.45. The predicted molar refractivity (Wildman–Crippen MR) is 112 cm³/mol. The van der Waals surface area contributed by atoms with E-state index in [0.717, 1.165) is 30.3 Å². The van der Waals surface area contributed by atoms with Gasteiger partial charge in [0.05, 0.1) is 0 Å². The number of likely N-dealkylation sites (N-methyl/N-ethyl adjacent to an activating group) is 1. The highest BCUT2D eigenvalue weighted by Gasteiger charge is 2.55. The zero-order valence-corrected chi connectivity index (χ0v) is 17.8. The summed E-state index contributed by atoms with van der Waals surface area (Å²) in [5.74, 6) is 0.849. The second kappa shape index (κ2) is 7.21. The fourth-order valence-electron chi connectivity index (χ4n) is 4.37. The molecule has 3 heterocycles. The van der Waals surface area contributed by atoms with Crippen LogP contribution in [0.5, 0.6) is 0 Å². The van der Waals surface area contributed by atoms with Crippen LogP contribution in [0.15, 0.2) is 46.7 Å². The Balaban J connectivity index is 1.61. The summed E-state index contributed by atoms with van der Waals surface area (Å²) in [7, 11) is 1.74. The van der Waals surface area contributed by atoms with Gasteiger partial charge < -0.3 is 9.80 Å². The first-order valence-corrected chi connectivity index (χ1v) is 10.3. The molecule has 1 fully saturated rings. The monoisotopic (exact) mass is 395 g/mol. The summed E-state index contributed by atoms with van der Waals surface area (Å²) >= 11 is 0. The highest BCUT2D eigenvalue weighted by Crippen LogP contribution is 2.37. The van der Waals surface area contributed by atoms with Gasteiger partial charge in [-0.2, -0.15) is 0 Å². The van der Waals surface area contributed by atoms with E-state index in [2.05, 4.69) is 24.0 Å². The van der Waals surface area contributed by atoms with Gasteiger partial charge in [0.15, 0.2) is 12.2 Å². The molecule has 29 heavy (non-hydrogen) atoms. The fourth-order valence-corrected chi connectivity index (χ4v) is 4.37. The third-order valence-electron chi connectivity index (χ3n) is 6.02. The van der Waals surface area contributed by atoms with E-state index in [0.29, 0.717) is 6.54 Å². The lowest BCUT2D eigenvalue weighted by molar-refractivity contribution is -0.137. The van der Waals surface area contributed by atoms with E-state index < -0.39 is 12.2 Å². The molecule has 0 saturated carbocycles. The van der Waals surface area contributed by atoms with Crippen LogP contribution in [0.3, 0.4) is 0 Å². The number of allylic oxidation sites excluding steroid dienone is 2. The lowest BCUT2D eigenvalue weighted by Crippen LogP contribution is -2.65. The summed E-state index contributed by atoms with van der Waals surface area (Å²) < 4.78 is 0. The molecule has 3 aliphatic rings. The minimum atomic E-state index is -0.483. The highest BCUT2D eigenvalue weighted by molar-refractivity contribution is 6.05. The van der Waals surface area contributed by atoms with Gasteiger partial charge in [-0.15, -0.1) is 0 Å². The maximum Gasteiger partial charge on any atom is 0.328 e. The summed E-state index contributed by atoms with van der Waals surface area (Å²) in [6.45, 7) is 9.34. The average molecular weight is 396 g/mol.